The van der Waals surface area contributed by atoms with Gasteiger partial charge in [-0.3, -0.25) is 14.6 Å². The van der Waals surface area contributed by atoms with Gasteiger partial charge in [-0.15, -0.1) is 0 Å². The van der Waals surface area contributed by atoms with Crippen LogP contribution in [0.4, 0.5) is 5.69 Å². The van der Waals surface area contributed by atoms with E-state index in [0.29, 0.717) is 17.9 Å². The Balaban J connectivity index is 1.41. The van der Waals surface area contributed by atoms with E-state index >= 15 is 0 Å². The molecule has 1 unspecified atom stereocenters. The lowest BCUT2D eigenvalue weighted by atomic mass is 9.86. The van der Waals surface area contributed by atoms with E-state index in [1.165, 1.54) is 5.56 Å². The van der Waals surface area contributed by atoms with Crippen molar-refractivity contribution in [1.82, 2.24) is 4.90 Å². The van der Waals surface area contributed by atoms with Crippen LogP contribution in [0.15, 0.2) is 102 Å². The van der Waals surface area contributed by atoms with Gasteiger partial charge in [-0.25, -0.2) is 0 Å². The molecule has 1 heterocycles. The van der Waals surface area contributed by atoms with Crippen molar-refractivity contribution in [3.8, 4) is 5.75 Å². The molecule has 0 radical (unpaired) electrons. The normalized spacial score (nSPS) is 17.0. The molecule has 6 heteroatoms. The minimum atomic E-state index is -0.181. The zero-order chi connectivity index (χ0) is 24.6. The van der Waals surface area contributed by atoms with Crippen molar-refractivity contribution in [3.63, 3.8) is 0 Å². The largest absolute Gasteiger partial charge is 0.497 e. The second-order valence-corrected chi connectivity index (χ2v) is 8.58. The molecule has 1 aliphatic heterocycles. The number of anilines is 1. The fraction of sp³-hybridized carbons (Fsp3) is 0.241. The second-order valence-electron chi connectivity index (χ2n) is 8.58. The predicted octanol–water partition coefficient (Wildman–Crippen LogP) is 5.23. The molecule has 0 bridgehead atoms. The molecule has 0 spiro atoms. The standard InChI is InChI=1S/C29H31N3O3/c1-22(30-35-19-18-31(2)21-23-10-6-4-7-11-23)20-27-28(24-12-8-5-9-13-24)32(29(27)33)25-14-16-26(34-3)17-15-25/h4-17,20,28H,18-19,21H2,1-3H3/b27-20+,30-22?. The molecule has 1 saturated heterocycles. The maximum absolute atomic E-state index is 13.2. The molecule has 1 amide bonds. The number of amides is 1. The van der Waals surface area contributed by atoms with Crippen molar-refractivity contribution in [2.45, 2.75) is 19.5 Å². The Hall–Kier alpha value is -3.90. The van der Waals surface area contributed by atoms with Gasteiger partial charge in [-0.05, 0) is 55.4 Å². The smallest absolute Gasteiger partial charge is 0.257 e. The quantitative estimate of drug-likeness (QED) is 0.134. The van der Waals surface area contributed by atoms with Crippen LogP contribution in [0.2, 0.25) is 0 Å². The summed E-state index contributed by atoms with van der Waals surface area (Å²) < 4.78 is 5.26. The lowest BCUT2D eigenvalue weighted by molar-refractivity contribution is -0.119. The molecule has 0 N–H and O–H groups in total. The molecule has 1 fully saturated rings. The Morgan fingerprint density at radius 2 is 1.66 bits per heavy atom. The van der Waals surface area contributed by atoms with Gasteiger partial charge >= 0.3 is 0 Å². The highest BCUT2D eigenvalue weighted by molar-refractivity contribution is 6.18. The zero-order valence-corrected chi connectivity index (χ0v) is 20.4. The van der Waals surface area contributed by atoms with Crippen molar-refractivity contribution in [1.29, 1.82) is 0 Å². The van der Waals surface area contributed by atoms with E-state index in [1.807, 2.05) is 85.8 Å². The average Bonchev–Trinajstić information content (AvgIpc) is 2.89. The lowest BCUT2D eigenvalue weighted by Gasteiger charge is -2.43. The molecule has 0 aliphatic carbocycles. The van der Waals surface area contributed by atoms with Gasteiger partial charge in [0, 0.05) is 24.4 Å². The Kier molecular flexibility index (Phi) is 7.95. The maximum Gasteiger partial charge on any atom is 0.257 e. The number of methoxy groups -OCH3 is 1. The number of β-lactam (4-membered cyclic amide) rings is 1. The average molecular weight is 470 g/mol. The first kappa shape index (κ1) is 24.2. The molecule has 6 nitrogen and oxygen atoms in total. The third-order valence-electron chi connectivity index (χ3n) is 5.92. The number of hydrogen-bond donors (Lipinski definition) is 0. The Labute approximate surface area is 207 Å². The van der Waals surface area contributed by atoms with Gasteiger partial charge in [0.05, 0.1) is 18.9 Å². The number of benzene rings is 3. The Morgan fingerprint density at radius 3 is 2.31 bits per heavy atom. The van der Waals surface area contributed by atoms with E-state index in [2.05, 4.69) is 29.2 Å². The highest BCUT2D eigenvalue weighted by Crippen LogP contribution is 2.43. The minimum absolute atomic E-state index is 0.0406. The summed E-state index contributed by atoms with van der Waals surface area (Å²) in [5, 5.41) is 4.23. The number of ether oxygens (including phenoxy) is 1. The maximum atomic E-state index is 13.2. The van der Waals surface area contributed by atoms with Crippen molar-refractivity contribution in [3.05, 3.63) is 108 Å². The molecule has 3 aromatic rings. The summed E-state index contributed by atoms with van der Waals surface area (Å²) in [5.74, 6) is 0.712. The number of allylic oxidation sites excluding steroid dienone is 1. The number of oxime groups is 1. The molecular formula is C29H31N3O3. The summed E-state index contributed by atoms with van der Waals surface area (Å²) >= 11 is 0. The van der Waals surface area contributed by atoms with E-state index in [9.17, 15) is 4.79 Å². The van der Waals surface area contributed by atoms with Crippen LogP contribution >= 0.6 is 0 Å². The number of nitrogens with zero attached hydrogens (tertiary/aromatic N) is 3. The summed E-state index contributed by atoms with van der Waals surface area (Å²) in [7, 11) is 3.68. The van der Waals surface area contributed by atoms with Gasteiger partial charge in [0.15, 0.2) is 0 Å². The first-order chi connectivity index (χ1) is 17.1. The Bertz CT molecular complexity index is 1170. The first-order valence-electron chi connectivity index (χ1n) is 11.7. The van der Waals surface area contributed by atoms with E-state index in [0.717, 1.165) is 30.1 Å². The van der Waals surface area contributed by atoms with Gasteiger partial charge in [0.2, 0.25) is 0 Å². The van der Waals surface area contributed by atoms with Crippen LogP contribution in [0.1, 0.15) is 24.1 Å². The zero-order valence-electron chi connectivity index (χ0n) is 20.4. The van der Waals surface area contributed by atoms with Gasteiger partial charge in [-0.1, -0.05) is 65.8 Å². The number of carbonyl (C=O) groups excluding carboxylic acids is 1. The molecular weight excluding hydrogens is 438 g/mol. The minimum Gasteiger partial charge on any atom is -0.497 e. The summed E-state index contributed by atoms with van der Waals surface area (Å²) in [4.78, 5) is 22.7. The SMILES string of the molecule is COc1ccc(N2C(=O)/C(=C/C(C)=NOCCN(C)Cc3ccccc3)C2c2ccccc2)cc1. The topological polar surface area (TPSA) is 54.4 Å². The molecule has 1 aliphatic rings. The number of likely N-dealkylation sites (N-methyl/N-ethyl adjacent to an activating group) is 1. The summed E-state index contributed by atoms with van der Waals surface area (Å²) in [5.41, 5.74) is 4.49. The van der Waals surface area contributed by atoms with Crippen LogP contribution in [0, 0.1) is 0 Å². The van der Waals surface area contributed by atoms with Crippen LogP contribution in [-0.2, 0) is 16.2 Å². The van der Waals surface area contributed by atoms with Crippen LogP contribution < -0.4 is 9.64 Å². The van der Waals surface area contributed by atoms with Crippen LogP contribution in [-0.4, -0.2) is 43.8 Å². The van der Waals surface area contributed by atoms with Crippen molar-refractivity contribution >= 4 is 17.3 Å². The third kappa shape index (κ3) is 5.97. The summed E-state index contributed by atoms with van der Waals surface area (Å²) in [6.45, 7) is 3.93. The van der Waals surface area contributed by atoms with Crippen molar-refractivity contribution in [2.75, 3.05) is 32.2 Å². The molecule has 180 valence electrons. The van der Waals surface area contributed by atoms with Gasteiger partial charge in [-0.2, -0.15) is 0 Å². The highest BCUT2D eigenvalue weighted by Gasteiger charge is 2.43. The molecule has 0 saturated carbocycles. The van der Waals surface area contributed by atoms with E-state index in [1.54, 1.807) is 12.0 Å². The highest BCUT2D eigenvalue weighted by atomic mass is 16.6. The van der Waals surface area contributed by atoms with Gasteiger partial charge in [0.25, 0.3) is 5.91 Å². The number of hydrogen-bond acceptors (Lipinski definition) is 5. The molecule has 4 rings (SSSR count). The number of rotatable bonds is 10. The monoisotopic (exact) mass is 469 g/mol. The summed E-state index contributed by atoms with van der Waals surface area (Å²) in [6, 6.07) is 27.7. The van der Waals surface area contributed by atoms with Crippen LogP contribution in [0.5, 0.6) is 5.75 Å². The van der Waals surface area contributed by atoms with E-state index in [-0.39, 0.29) is 11.9 Å². The van der Waals surface area contributed by atoms with Gasteiger partial charge < -0.3 is 9.57 Å². The molecule has 3 aromatic carbocycles. The van der Waals surface area contributed by atoms with E-state index < -0.39 is 0 Å². The molecule has 0 aromatic heterocycles. The Morgan fingerprint density at radius 1 is 1.00 bits per heavy atom. The van der Waals surface area contributed by atoms with Crippen LogP contribution in [0.25, 0.3) is 0 Å². The van der Waals surface area contributed by atoms with Crippen LogP contribution in [0.3, 0.4) is 0 Å². The third-order valence-corrected chi connectivity index (χ3v) is 5.92. The fourth-order valence-electron chi connectivity index (χ4n) is 4.13. The van der Waals surface area contributed by atoms with Gasteiger partial charge in [0.1, 0.15) is 12.4 Å². The van der Waals surface area contributed by atoms with E-state index in [4.69, 9.17) is 9.57 Å². The molecule has 1 atom stereocenters. The summed E-state index contributed by atoms with van der Waals surface area (Å²) in [6.07, 6.45) is 1.83. The fourth-order valence-corrected chi connectivity index (χ4v) is 4.13. The number of carbonyl (C=O) groups is 1. The lowest BCUT2D eigenvalue weighted by Crippen LogP contribution is -2.49. The second kappa shape index (κ2) is 11.5. The predicted molar refractivity (Wildman–Crippen MR) is 140 cm³/mol. The van der Waals surface area contributed by atoms with Crippen molar-refractivity contribution < 1.29 is 14.4 Å². The molecule has 35 heavy (non-hydrogen) atoms. The first-order valence-corrected chi connectivity index (χ1v) is 11.7. The van der Waals surface area contributed by atoms with Crippen molar-refractivity contribution in [2.24, 2.45) is 5.16 Å².